The second kappa shape index (κ2) is 5.74. The Bertz CT molecular complexity index is 567. The maximum Gasteiger partial charge on any atom is 0.306 e. The van der Waals surface area contributed by atoms with E-state index < -0.39 is 22.6 Å². The summed E-state index contributed by atoms with van der Waals surface area (Å²) in [6.07, 6.45) is 1.48. The fraction of sp³-hybridized carbons (Fsp3) is 0.417. The van der Waals surface area contributed by atoms with E-state index in [9.17, 15) is 19.3 Å². The number of hydrogen-bond acceptors (Lipinski definition) is 4. The van der Waals surface area contributed by atoms with Gasteiger partial charge in [-0.2, -0.15) is 0 Å². The number of benzene rings is 1. The number of hydrogen-bond donors (Lipinski definition) is 2. The van der Waals surface area contributed by atoms with Crippen LogP contribution >= 0.6 is 15.9 Å². The lowest BCUT2D eigenvalue weighted by Crippen LogP contribution is -2.18. The predicted molar refractivity (Wildman–Crippen MR) is 73.1 cm³/mol. The van der Waals surface area contributed by atoms with Crippen molar-refractivity contribution in [2.45, 2.75) is 25.3 Å². The molecule has 1 fully saturated rings. The average molecular weight is 347 g/mol. The van der Waals surface area contributed by atoms with Gasteiger partial charge in [0.25, 0.3) is 5.69 Å². The highest BCUT2D eigenvalue weighted by Crippen LogP contribution is 2.34. The largest absolute Gasteiger partial charge is 0.481 e. The summed E-state index contributed by atoms with van der Waals surface area (Å²) >= 11 is 2.90. The molecule has 0 bridgehead atoms. The van der Waals surface area contributed by atoms with Crippen molar-refractivity contribution in [3.05, 3.63) is 32.5 Å². The van der Waals surface area contributed by atoms with Gasteiger partial charge in [-0.15, -0.1) is 0 Å². The quantitative estimate of drug-likeness (QED) is 0.645. The van der Waals surface area contributed by atoms with Gasteiger partial charge in [-0.25, -0.2) is 4.39 Å². The Morgan fingerprint density at radius 1 is 1.50 bits per heavy atom. The van der Waals surface area contributed by atoms with Gasteiger partial charge >= 0.3 is 5.97 Å². The minimum atomic E-state index is -0.870. The van der Waals surface area contributed by atoms with Crippen LogP contribution in [0.25, 0.3) is 0 Å². The number of nitro benzene ring substituents is 1. The smallest absolute Gasteiger partial charge is 0.306 e. The predicted octanol–water partition coefficient (Wildman–Crippen LogP) is 3.16. The third kappa shape index (κ3) is 3.06. The molecule has 20 heavy (non-hydrogen) atoms. The molecule has 0 saturated heterocycles. The van der Waals surface area contributed by atoms with Gasteiger partial charge in [-0.05, 0) is 35.2 Å². The fourth-order valence-electron chi connectivity index (χ4n) is 2.36. The van der Waals surface area contributed by atoms with Crippen molar-refractivity contribution in [1.82, 2.24) is 0 Å². The van der Waals surface area contributed by atoms with Crippen LogP contribution in [0, 0.1) is 21.8 Å². The van der Waals surface area contributed by atoms with Crippen LogP contribution in [-0.4, -0.2) is 22.0 Å². The highest BCUT2D eigenvalue weighted by Gasteiger charge is 2.31. The third-order valence-electron chi connectivity index (χ3n) is 3.38. The maximum atomic E-state index is 13.5. The van der Waals surface area contributed by atoms with Gasteiger partial charge in [-0.1, -0.05) is 0 Å². The molecule has 1 aliphatic carbocycles. The first kappa shape index (κ1) is 14.7. The zero-order chi connectivity index (χ0) is 14.9. The SMILES string of the molecule is O=C(O)C1CCC(Nc2cc(F)c(Br)cc2[N+](=O)[O-])C1. The van der Waals surface area contributed by atoms with E-state index in [-0.39, 0.29) is 21.9 Å². The molecule has 6 nitrogen and oxygen atoms in total. The Kier molecular flexibility index (Phi) is 4.22. The molecule has 0 amide bonds. The Balaban J connectivity index is 2.19. The zero-order valence-corrected chi connectivity index (χ0v) is 11.9. The summed E-state index contributed by atoms with van der Waals surface area (Å²) in [7, 11) is 0. The van der Waals surface area contributed by atoms with E-state index in [0.717, 1.165) is 12.1 Å². The van der Waals surface area contributed by atoms with Crippen molar-refractivity contribution in [3.63, 3.8) is 0 Å². The van der Waals surface area contributed by atoms with E-state index in [2.05, 4.69) is 21.2 Å². The maximum absolute atomic E-state index is 13.5. The van der Waals surface area contributed by atoms with Crippen LogP contribution in [0.15, 0.2) is 16.6 Å². The monoisotopic (exact) mass is 346 g/mol. The first-order chi connectivity index (χ1) is 9.38. The van der Waals surface area contributed by atoms with Gasteiger partial charge in [0.1, 0.15) is 11.5 Å². The molecule has 0 aromatic heterocycles. The van der Waals surface area contributed by atoms with Crippen molar-refractivity contribution < 1.29 is 19.2 Å². The second-order valence-electron chi connectivity index (χ2n) is 4.73. The van der Waals surface area contributed by atoms with Crippen LogP contribution < -0.4 is 5.32 Å². The second-order valence-corrected chi connectivity index (χ2v) is 5.58. The number of nitrogens with zero attached hydrogens (tertiary/aromatic N) is 1. The lowest BCUT2D eigenvalue weighted by atomic mass is 10.1. The van der Waals surface area contributed by atoms with Gasteiger partial charge in [0, 0.05) is 18.2 Å². The van der Waals surface area contributed by atoms with Crippen molar-refractivity contribution in [1.29, 1.82) is 0 Å². The summed E-state index contributed by atoms with van der Waals surface area (Å²) in [5.41, 5.74) is -0.163. The summed E-state index contributed by atoms with van der Waals surface area (Å²) in [4.78, 5) is 21.2. The Morgan fingerprint density at radius 2 is 2.20 bits per heavy atom. The van der Waals surface area contributed by atoms with Gasteiger partial charge in [0.15, 0.2) is 0 Å². The molecule has 0 aliphatic heterocycles. The van der Waals surface area contributed by atoms with E-state index in [4.69, 9.17) is 5.11 Å². The van der Waals surface area contributed by atoms with E-state index in [1.165, 1.54) is 0 Å². The number of nitrogens with one attached hydrogen (secondary N) is 1. The number of rotatable bonds is 4. The zero-order valence-electron chi connectivity index (χ0n) is 10.3. The van der Waals surface area contributed by atoms with Gasteiger partial charge < -0.3 is 10.4 Å². The van der Waals surface area contributed by atoms with Crippen LogP contribution in [0.4, 0.5) is 15.8 Å². The topological polar surface area (TPSA) is 92.5 Å². The molecule has 2 unspecified atom stereocenters. The van der Waals surface area contributed by atoms with Crippen molar-refractivity contribution in [2.75, 3.05) is 5.32 Å². The molecule has 2 N–H and O–H groups in total. The van der Waals surface area contributed by atoms with Crippen LogP contribution in [0.5, 0.6) is 0 Å². The summed E-state index contributed by atoms with van der Waals surface area (Å²) in [6.45, 7) is 0. The average Bonchev–Trinajstić information content (AvgIpc) is 2.82. The van der Waals surface area contributed by atoms with Crippen LogP contribution in [0.3, 0.4) is 0 Å². The van der Waals surface area contributed by atoms with E-state index in [1.807, 2.05) is 0 Å². The highest BCUT2D eigenvalue weighted by molar-refractivity contribution is 9.10. The molecular formula is C12H12BrFN2O4. The molecule has 1 aromatic rings. The molecule has 8 heteroatoms. The Hall–Kier alpha value is -1.70. The van der Waals surface area contributed by atoms with Gasteiger partial charge in [0.05, 0.1) is 15.3 Å². The number of carbonyl (C=O) groups is 1. The van der Waals surface area contributed by atoms with E-state index in [1.54, 1.807) is 0 Å². The Labute approximate surface area is 122 Å². The molecule has 1 aliphatic rings. The number of aliphatic carboxylic acids is 1. The minimum absolute atomic E-state index is 0.0181. The fourth-order valence-corrected chi connectivity index (χ4v) is 2.69. The summed E-state index contributed by atoms with van der Waals surface area (Å²) < 4.78 is 13.5. The normalized spacial score (nSPS) is 21.7. The van der Waals surface area contributed by atoms with Crippen LogP contribution in [0.1, 0.15) is 19.3 Å². The minimum Gasteiger partial charge on any atom is -0.481 e. The Morgan fingerprint density at radius 3 is 2.75 bits per heavy atom. The third-order valence-corrected chi connectivity index (χ3v) is 3.98. The number of anilines is 1. The highest BCUT2D eigenvalue weighted by atomic mass is 79.9. The molecule has 1 aromatic carbocycles. The standard InChI is InChI=1S/C12H12BrFN2O4/c13-8-4-11(16(19)20)10(5-9(8)14)15-7-2-1-6(3-7)12(17)18/h4-7,15H,1-3H2,(H,17,18). The molecule has 108 valence electrons. The number of nitro groups is 1. The summed E-state index contributed by atoms with van der Waals surface area (Å²) in [5.74, 6) is -1.93. The summed E-state index contributed by atoms with van der Waals surface area (Å²) in [6, 6.07) is 1.95. The molecule has 1 saturated carbocycles. The number of carboxylic acid groups (broad SMARTS) is 1. The van der Waals surface area contributed by atoms with Crippen molar-refractivity contribution in [3.8, 4) is 0 Å². The lowest BCUT2D eigenvalue weighted by molar-refractivity contribution is -0.384. The van der Waals surface area contributed by atoms with Crippen LogP contribution in [0.2, 0.25) is 0 Å². The van der Waals surface area contributed by atoms with Gasteiger partial charge in [-0.3, -0.25) is 14.9 Å². The molecule has 0 radical (unpaired) electrons. The summed E-state index contributed by atoms with van der Waals surface area (Å²) in [5, 5.41) is 22.8. The van der Waals surface area contributed by atoms with Crippen molar-refractivity contribution in [2.24, 2.45) is 5.92 Å². The first-order valence-electron chi connectivity index (χ1n) is 6.01. The lowest BCUT2D eigenvalue weighted by Gasteiger charge is -2.14. The van der Waals surface area contributed by atoms with Crippen molar-refractivity contribution >= 4 is 33.3 Å². The molecule has 0 heterocycles. The van der Waals surface area contributed by atoms with Gasteiger partial charge in [0.2, 0.25) is 0 Å². The molecular weight excluding hydrogens is 335 g/mol. The van der Waals surface area contributed by atoms with Crippen LogP contribution in [-0.2, 0) is 4.79 Å². The van der Waals surface area contributed by atoms with E-state index in [0.29, 0.717) is 19.3 Å². The van der Waals surface area contributed by atoms with E-state index >= 15 is 0 Å². The number of carboxylic acids is 1. The first-order valence-corrected chi connectivity index (χ1v) is 6.80. The number of halogens is 2. The molecule has 2 atom stereocenters. The molecule has 0 spiro atoms. The molecule has 2 rings (SSSR count).